The molecule has 1 aromatic rings. The number of aromatic nitrogens is 1. The number of nitro groups is 1. The minimum absolute atomic E-state index is 0.138. The van der Waals surface area contributed by atoms with Crippen molar-refractivity contribution in [2.45, 2.75) is 19.2 Å². The molecule has 0 aromatic carbocycles. The smallest absolute Gasteiger partial charge is 0.380 e. The summed E-state index contributed by atoms with van der Waals surface area (Å²) in [4.78, 5) is 13.0. The van der Waals surface area contributed by atoms with Crippen LogP contribution in [0.5, 0.6) is 0 Å². The number of nitrogens with one attached hydrogen (secondary N) is 1. The van der Waals surface area contributed by atoms with E-state index in [1.807, 2.05) is 0 Å². The summed E-state index contributed by atoms with van der Waals surface area (Å²) in [6, 6.07) is 0.612. The molecule has 0 saturated heterocycles. The second kappa shape index (κ2) is 5.83. The second-order valence-electron chi connectivity index (χ2n) is 3.77. The summed E-state index contributed by atoms with van der Waals surface area (Å²) in [5.41, 5.74) is -1.95. The number of hydrogen-bond acceptors (Lipinski definition) is 5. The van der Waals surface area contributed by atoms with Crippen LogP contribution in [-0.4, -0.2) is 29.7 Å². The summed E-state index contributed by atoms with van der Waals surface area (Å²) in [6.45, 7) is 1.81. The van der Waals surface area contributed by atoms with E-state index in [-0.39, 0.29) is 18.3 Å². The van der Waals surface area contributed by atoms with Gasteiger partial charge in [-0.2, -0.15) is 13.2 Å². The van der Waals surface area contributed by atoms with Gasteiger partial charge in [0.15, 0.2) is 0 Å². The zero-order valence-electron chi connectivity index (χ0n) is 10.2. The van der Waals surface area contributed by atoms with E-state index < -0.39 is 22.5 Å². The Morgan fingerprint density at radius 2 is 2.21 bits per heavy atom. The molecular weight excluding hydrogens is 267 g/mol. The minimum Gasteiger partial charge on any atom is -0.380 e. The van der Waals surface area contributed by atoms with E-state index in [0.717, 1.165) is 0 Å². The summed E-state index contributed by atoms with van der Waals surface area (Å²) >= 11 is 0. The van der Waals surface area contributed by atoms with Gasteiger partial charge in [-0.3, -0.25) is 10.1 Å². The summed E-state index contributed by atoms with van der Waals surface area (Å²) < 4.78 is 42.3. The van der Waals surface area contributed by atoms with Gasteiger partial charge in [0.2, 0.25) is 0 Å². The molecule has 1 atom stereocenters. The number of pyridine rings is 1. The molecule has 0 radical (unpaired) electrons. The molecule has 0 bridgehead atoms. The third kappa shape index (κ3) is 4.05. The highest BCUT2D eigenvalue weighted by atomic mass is 19.4. The average molecular weight is 279 g/mol. The topological polar surface area (TPSA) is 77.3 Å². The zero-order valence-corrected chi connectivity index (χ0v) is 10.2. The first kappa shape index (κ1) is 15.2. The predicted octanol–water partition coefficient (Wildman–Crippen LogP) is 2.46. The highest BCUT2D eigenvalue weighted by Gasteiger charge is 2.34. The monoisotopic (exact) mass is 279 g/mol. The molecule has 1 rings (SSSR count). The van der Waals surface area contributed by atoms with Gasteiger partial charge in [0.1, 0.15) is 17.6 Å². The van der Waals surface area contributed by atoms with Gasteiger partial charge >= 0.3 is 11.9 Å². The Morgan fingerprint density at radius 3 is 2.68 bits per heavy atom. The fraction of sp³-hybridized carbons (Fsp3) is 0.500. The fourth-order valence-corrected chi connectivity index (χ4v) is 1.23. The van der Waals surface area contributed by atoms with Gasteiger partial charge in [0.05, 0.1) is 11.0 Å². The average Bonchev–Trinajstić information content (AvgIpc) is 2.34. The largest absolute Gasteiger partial charge is 0.433 e. The van der Waals surface area contributed by atoms with Gasteiger partial charge in [0.25, 0.3) is 0 Å². The van der Waals surface area contributed by atoms with E-state index in [0.29, 0.717) is 12.3 Å². The number of anilines is 1. The molecule has 0 spiro atoms. The lowest BCUT2D eigenvalue weighted by molar-refractivity contribution is -0.384. The van der Waals surface area contributed by atoms with Crippen molar-refractivity contribution in [2.75, 3.05) is 19.0 Å². The van der Waals surface area contributed by atoms with Crippen LogP contribution in [-0.2, 0) is 10.9 Å². The van der Waals surface area contributed by atoms with Crippen molar-refractivity contribution in [1.82, 2.24) is 4.98 Å². The third-order valence-electron chi connectivity index (χ3n) is 2.35. The molecule has 0 aliphatic rings. The van der Waals surface area contributed by atoms with E-state index in [1.54, 1.807) is 6.92 Å². The Hall–Kier alpha value is -1.90. The fourth-order valence-electron chi connectivity index (χ4n) is 1.23. The number of ether oxygens (including phenoxy) is 1. The van der Waals surface area contributed by atoms with Gasteiger partial charge in [-0.15, -0.1) is 0 Å². The molecule has 0 aliphatic carbocycles. The Labute approximate surface area is 106 Å². The SMILES string of the molecule is COC(C)CNc1cc(C(F)(F)F)ncc1[N+](=O)[O-]. The lowest BCUT2D eigenvalue weighted by atomic mass is 10.2. The summed E-state index contributed by atoms with van der Waals surface area (Å²) in [6.07, 6.45) is -4.37. The summed E-state index contributed by atoms with van der Waals surface area (Å²) in [5, 5.41) is 13.3. The normalized spacial score (nSPS) is 13.1. The number of rotatable bonds is 5. The van der Waals surface area contributed by atoms with Crippen molar-refractivity contribution in [3.8, 4) is 0 Å². The third-order valence-corrected chi connectivity index (χ3v) is 2.35. The maximum Gasteiger partial charge on any atom is 0.433 e. The quantitative estimate of drug-likeness (QED) is 0.661. The molecular formula is C10H12F3N3O3. The van der Waals surface area contributed by atoms with Crippen LogP contribution in [0.25, 0.3) is 0 Å². The summed E-state index contributed by atoms with van der Waals surface area (Å²) in [5.74, 6) is 0. The van der Waals surface area contributed by atoms with Crippen LogP contribution in [0.3, 0.4) is 0 Å². The van der Waals surface area contributed by atoms with Crippen LogP contribution in [0.15, 0.2) is 12.3 Å². The summed E-state index contributed by atoms with van der Waals surface area (Å²) in [7, 11) is 1.43. The maximum atomic E-state index is 12.5. The van der Waals surface area contributed by atoms with Crippen molar-refractivity contribution in [3.05, 3.63) is 28.1 Å². The van der Waals surface area contributed by atoms with Crippen molar-refractivity contribution in [3.63, 3.8) is 0 Å². The molecule has 1 heterocycles. The van der Waals surface area contributed by atoms with Crippen molar-refractivity contribution < 1.29 is 22.8 Å². The molecule has 1 aromatic heterocycles. The van der Waals surface area contributed by atoms with Crippen LogP contribution in [0.1, 0.15) is 12.6 Å². The van der Waals surface area contributed by atoms with Gasteiger partial charge < -0.3 is 10.1 Å². The van der Waals surface area contributed by atoms with Crippen molar-refractivity contribution >= 4 is 11.4 Å². The molecule has 0 aliphatic heterocycles. The Balaban J connectivity index is 3.06. The number of hydrogen-bond donors (Lipinski definition) is 1. The number of nitrogens with zero attached hydrogens (tertiary/aromatic N) is 2. The highest BCUT2D eigenvalue weighted by molar-refractivity contribution is 5.61. The Morgan fingerprint density at radius 1 is 1.58 bits per heavy atom. The van der Waals surface area contributed by atoms with E-state index in [9.17, 15) is 23.3 Å². The number of halogens is 3. The zero-order chi connectivity index (χ0) is 14.6. The van der Waals surface area contributed by atoms with Gasteiger partial charge in [0, 0.05) is 13.7 Å². The molecule has 9 heteroatoms. The number of alkyl halides is 3. The van der Waals surface area contributed by atoms with Gasteiger partial charge in [-0.1, -0.05) is 0 Å². The Kier molecular flexibility index (Phi) is 4.65. The first-order chi connectivity index (χ1) is 8.75. The molecule has 106 valence electrons. The molecule has 1 unspecified atom stereocenters. The van der Waals surface area contributed by atoms with E-state index in [2.05, 4.69) is 10.3 Å². The Bertz CT molecular complexity index is 465. The van der Waals surface area contributed by atoms with E-state index >= 15 is 0 Å². The molecule has 0 fully saturated rings. The van der Waals surface area contributed by atoms with Crippen LogP contribution < -0.4 is 5.32 Å². The van der Waals surface area contributed by atoms with Gasteiger partial charge in [-0.05, 0) is 13.0 Å². The van der Waals surface area contributed by atoms with E-state index in [4.69, 9.17) is 4.74 Å². The predicted molar refractivity (Wildman–Crippen MR) is 60.9 cm³/mol. The maximum absolute atomic E-state index is 12.5. The van der Waals surface area contributed by atoms with E-state index in [1.165, 1.54) is 7.11 Å². The first-order valence-corrected chi connectivity index (χ1v) is 5.24. The molecule has 1 N–H and O–H groups in total. The molecule has 0 saturated carbocycles. The lowest BCUT2D eigenvalue weighted by Gasteiger charge is -2.13. The molecule has 19 heavy (non-hydrogen) atoms. The number of methoxy groups -OCH3 is 1. The highest BCUT2D eigenvalue weighted by Crippen LogP contribution is 2.32. The van der Waals surface area contributed by atoms with Gasteiger partial charge in [-0.25, -0.2) is 4.98 Å². The molecule has 0 amide bonds. The first-order valence-electron chi connectivity index (χ1n) is 5.24. The van der Waals surface area contributed by atoms with Crippen LogP contribution in [0.4, 0.5) is 24.5 Å². The van der Waals surface area contributed by atoms with Crippen LogP contribution in [0, 0.1) is 10.1 Å². The molecule has 6 nitrogen and oxygen atoms in total. The van der Waals surface area contributed by atoms with Crippen LogP contribution in [0.2, 0.25) is 0 Å². The van der Waals surface area contributed by atoms with Crippen molar-refractivity contribution in [2.24, 2.45) is 0 Å². The minimum atomic E-state index is -4.65. The van der Waals surface area contributed by atoms with Crippen LogP contribution >= 0.6 is 0 Å². The second-order valence-corrected chi connectivity index (χ2v) is 3.77. The lowest BCUT2D eigenvalue weighted by Crippen LogP contribution is -2.19. The van der Waals surface area contributed by atoms with Crippen molar-refractivity contribution in [1.29, 1.82) is 0 Å². The standard InChI is InChI=1S/C10H12F3N3O3/c1-6(19-2)4-14-7-3-9(10(11,12)13)15-5-8(7)16(17)18/h3,5-6H,4H2,1-2H3,(H,14,15).